The van der Waals surface area contributed by atoms with Crippen molar-refractivity contribution >= 4 is 34.8 Å². The van der Waals surface area contributed by atoms with Crippen LogP contribution < -0.4 is 15.6 Å². The van der Waals surface area contributed by atoms with E-state index in [-0.39, 0.29) is 5.91 Å². The van der Waals surface area contributed by atoms with Crippen LogP contribution in [0.1, 0.15) is 27.7 Å². The number of benzene rings is 1. The van der Waals surface area contributed by atoms with E-state index in [2.05, 4.69) is 10.9 Å². The molecule has 0 aliphatic heterocycles. The summed E-state index contributed by atoms with van der Waals surface area (Å²) in [6.07, 6.45) is -0.766. The lowest BCUT2D eigenvalue weighted by molar-refractivity contribution is -0.128. The third kappa shape index (κ3) is 4.46. The number of hydrazine groups is 1. The normalized spacial score (nSPS) is 11.7. The molecular formula is C16H17ClN2O3S. The highest BCUT2D eigenvalue weighted by Crippen LogP contribution is 2.27. The summed E-state index contributed by atoms with van der Waals surface area (Å²) in [6, 6.07) is 6.98. The van der Waals surface area contributed by atoms with Crippen molar-refractivity contribution in [2.24, 2.45) is 0 Å². The summed E-state index contributed by atoms with van der Waals surface area (Å²) in [5, 5.41) is 2.40. The second kappa shape index (κ2) is 7.48. The van der Waals surface area contributed by atoms with Crippen LogP contribution in [0.4, 0.5) is 0 Å². The smallest absolute Gasteiger partial charge is 0.279 e. The summed E-state index contributed by atoms with van der Waals surface area (Å²) in [6.45, 7) is 5.33. The van der Waals surface area contributed by atoms with Crippen molar-refractivity contribution in [1.29, 1.82) is 0 Å². The average molecular weight is 353 g/mol. The number of hydrogen-bond donors (Lipinski definition) is 2. The molecule has 2 N–H and O–H groups in total. The summed E-state index contributed by atoms with van der Waals surface area (Å²) in [5.41, 5.74) is 6.41. The molecule has 0 aliphatic rings. The molecule has 0 aliphatic carbocycles. The first kappa shape index (κ1) is 17.3. The number of carbonyl (C=O) groups is 2. The molecule has 1 heterocycles. The Morgan fingerprint density at radius 3 is 2.43 bits per heavy atom. The monoisotopic (exact) mass is 352 g/mol. The molecule has 2 aromatic rings. The zero-order chi connectivity index (χ0) is 17.0. The lowest BCUT2D eigenvalue weighted by Gasteiger charge is -2.18. The summed E-state index contributed by atoms with van der Waals surface area (Å²) in [7, 11) is 0. The molecule has 1 aromatic carbocycles. The second-order valence-corrected chi connectivity index (χ2v) is 6.43. The average Bonchev–Trinajstić information content (AvgIpc) is 3.02. The standard InChI is InChI=1S/C16H17ClN2O3S/c1-9-7-12(17)8-10(2)14(9)22-11(3)15(20)18-19-16(21)13-5-4-6-23-13/h4-8,11H,1-3H3,(H,18,20)(H,19,21)/t11-/m0/s1. The largest absolute Gasteiger partial charge is 0.480 e. The number of hydrogen-bond acceptors (Lipinski definition) is 4. The van der Waals surface area contributed by atoms with Gasteiger partial charge >= 0.3 is 0 Å². The maximum Gasteiger partial charge on any atom is 0.279 e. The van der Waals surface area contributed by atoms with Gasteiger partial charge in [-0.05, 0) is 55.5 Å². The van der Waals surface area contributed by atoms with Crippen LogP contribution >= 0.6 is 22.9 Å². The first-order chi connectivity index (χ1) is 10.9. The molecule has 0 bridgehead atoms. The SMILES string of the molecule is Cc1cc(Cl)cc(C)c1O[C@@H](C)C(=O)NNC(=O)c1cccs1. The van der Waals surface area contributed by atoms with Crippen LogP contribution in [0.3, 0.4) is 0 Å². The van der Waals surface area contributed by atoms with E-state index in [1.54, 1.807) is 36.6 Å². The van der Waals surface area contributed by atoms with Gasteiger partial charge in [0, 0.05) is 5.02 Å². The molecule has 0 spiro atoms. The van der Waals surface area contributed by atoms with Gasteiger partial charge in [-0.25, -0.2) is 0 Å². The molecule has 2 rings (SSSR count). The predicted molar refractivity (Wildman–Crippen MR) is 90.9 cm³/mol. The van der Waals surface area contributed by atoms with E-state index < -0.39 is 12.0 Å². The molecule has 7 heteroatoms. The highest BCUT2D eigenvalue weighted by Gasteiger charge is 2.18. The number of rotatable bonds is 4. The van der Waals surface area contributed by atoms with Crippen LogP contribution in [-0.2, 0) is 4.79 Å². The van der Waals surface area contributed by atoms with Crippen molar-refractivity contribution in [2.75, 3.05) is 0 Å². The van der Waals surface area contributed by atoms with E-state index >= 15 is 0 Å². The highest BCUT2D eigenvalue weighted by molar-refractivity contribution is 7.12. The minimum absolute atomic E-state index is 0.362. The van der Waals surface area contributed by atoms with Gasteiger partial charge in [0.1, 0.15) is 5.75 Å². The zero-order valence-electron chi connectivity index (χ0n) is 13.0. The minimum atomic E-state index is -0.766. The highest BCUT2D eigenvalue weighted by atomic mass is 35.5. The Morgan fingerprint density at radius 1 is 1.22 bits per heavy atom. The first-order valence-corrected chi connectivity index (χ1v) is 8.21. The fourth-order valence-corrected chi connectivity index (χ4v) is 2.95. The lowest BCUT2D eigenvalue weighted by Crippen LogP contribution is -2.47. The van der Waals surface area contributed by atoms with Crippen molar-refractivity contribution in [3.8, 4) is 5.75 Å². The van der Waals surface area contributed by atoms with Gasteiger partial charge in [0.05, 0.1) is 4.88 Å². The van der Waals surface area contributed by atoms with Gasteiger partial charge in [0.15, 0.2) is 6.10 Å². The van der Waals surface area contributed by atoms with E-state index in [1.165, 1.54) is 11.3 Å². The van der Waals surface area contributed by atoms with Crippen LogP contribution in [0.25, 0.3) is 0 Å². The first-order valence-electron chi connectivity index (χ1n) is 6.95. The molecule has 0 saturated carbocycles. The number of nitrogens with one attached hydrogen (secondary N) is 2. The molecular weight excluding hydrogens is 336 g/mol. The van der Waals surface area contributed by atoms with Crippen molar-refractivity contribution in [1.82, 2.24) is 10.9 Å². The molecule has 2 amide bonds. The number of aryl methyl sites for hydroxylation is 2. The predicted octanol–water partition coefficient (Wildman–Crippen LogP) is 3.25. The van der Waals surface area contributed by atoms with E-state index in [0.29, 0.717) is 15.6 Å². The van der Waals surface area contributed by atoms with Crippen LogP contribution in [0.15, 0.2) is 29.6 Å². The number of thiophene rings is 1. The van der Waals surface area contributed by atoms with E-state index in [4.69, 9.17) is 16.3 Å². The third-order valence-corrected chi connectivity index (χ3v) is 4.22. The zero-order valence-corrected chi connectivity index (χ0v) is 14.5. The van der Waals surface area contributed by atoms with Crippen LogP contribution in [0, 0.1) is 13.8 Å². The fourth-order valence-electron chi connectivity index (χ4n) is 2.00. The molecule has 122 valence electrons. The quantitative estimate of drug-likeness (QED) is 0.830. The summed E-state index contributed by atoms with van der Waals surface area (Å²) >= 11 is 7.27. The molecule has 23 heavy (non-hydrogen) atoms. The van der Waals surface area contributed by atoms with Gasteiger partial charge in [-0.1, -0.05) is 17.7 Å². The molecule has 0 saturated heterocycles. The van der Waals surface area contributed by atoms with Gasteiger partial charge in [0.25, 0.3) is 11.8 Å². The molecule has 0 radical (unpaired) electrons. The molecule has 1 atom stereocenters. The summed E-state index contributed by atoms with van der Waals surface area (Å²) in [4.78, 5) is 24.3. The Hall–Kier alpha value is -2.05. The van der Waals surface area contributed by atoms with Crippen molar-refractivity contribution in [2.45, 2.75) is 26.9 Å². The Balaban J connectivity index is 1.94. The Kier molecular flexibility index (Phi) is 5.63. The van der Waals surface area contributed by atoms with Crippen molar-refractivity contribution in [3.05, 3.63) is 50.7 Å². The number of halogens is 1. The Bertz CT molecular complexity index is 693. The number of ether oxygens (including phenoxy) is 1. The van der Waals surface area contributed by atoms with Crippen molar-refractivity contribution < 1.29 is 14.3 Å². The number of carbonyl (C=O) groups excluding carboxylic acids is 2. The molecule has 0 fully saturated rings. The van der Waals surface area contributed by atoms with E-state index in [9.17, 15) is 9.59 Å². The molecule has 1 aromatic heterocycles. The van der Waals surface area contributed by atoms with Gasteiger partial charge in [-0.3, -0.25) is 20.4 Å². The Morgan fingerprint density at radius 2 is 1.87 bits per heavy atom. The second-order valence-electron chi connectivity index (χ2n) is 5.05. The van der Waals surface area contributed by atoms with Gasteiger partial charge in [-0.15, -0.1) is 11.3 Å². The lowest BCUT2D eigenvalue weighted by atomic mass is 10.1. The fraction of sp³-hybridized carbons (Fsp3) is 0.250. The Labute approximate surface area is 143 Å². The number of amides is 2. The van der Waals surface area contributed by atoms with Crippen LogP contribution in [-0.4, -0.2) is 17.9 Å². The maximum atomic E-state index is 12.0. The van der Waals surface area contributed by atoms with Crippen LogP contribution in [0.5, 0.6) is 5.75 Å². The van der Waals surface area contributed by atoms with Crippen LogP contribution in [0.2, 0.25) is 5.02 Å². The van der Waals surface area contributed by atoms with E-state index in [1.807, 2.05) is 13.8 Å². The van der Waals surface area contributed by atoms with Gasteiger partial charge in [0.2, 0.25) is 0 Å². The molecule has 5 nitrogen and oxygen atoms in total. The van der Waals surface area contributed by atoms with Gasteiger partial charge < -0.3 is 4.74 Å². The summed E-state index contributed by atoms with van der Waals surface area (Å²) in [5.74, 6) is -0.190. The minimum Gasteiger partial charge on any atom is -0.480 e. The third-order valence-electron chi connectivity index (χ3n) is 3.13. The summed E-state index contributed by atoms with van der Waals surface area (Å²) < 4.78 is 5.70. The molecule has 0 unspecified atom stereocenters. The van der Waals surface area contributed by atoms with E-state index in [0.717, 1.165) is 11.1 Å². The van der Waals surface area contributed by atoms with Crippen molar-refractivity contribution in [3.63, 3.8) is 0 Å². The maximum absolute atomic E-state index is 12.0. The topological polar surface area (TPSA) is 67.4 Å². The van der Waals surface area contributed by atoms with Gasteiger partial charge in [-0.2, -0.15) is 0 Å².